The molecule has 80 valence electrons. The summed E-state index contributed by atoms with van der Waals surface area (Å²) >= 11 is 0. The Hall–Kier alpha value is -1.77. The standard InChI is InChI=1S/C12H14O3/c1-9(2)15-12(13)8-10-4-6-11(14-3)7-5-10/h4-7H,1,8H2,2-3H3. The second kappa shape index (κ2) is 5.20. The summed E-state index contributed by atoms with van der Waals surface area (Å²) in [5.41, 5.74) is 0.891. The Balaban J connectivity index is 2.57. The Kier molecular flexibility index (Phi) is 3.92. The van der Waals surface area contributed by atoms with Crippen LogP contribution in [0.4, 0.5) is 0 Å². The molecule has 0 aromatic heterocycles. The molecule has 1 aromatic carbocycles. The van der Waals surface area contributed by atoms with E-state index in [1.54, 1.807) is 14.0 Å². The predicted octanol–water partition coefficient (Wildman–Crippen LogP) is 2.31. The molecule has 3 heteroatoms. The summed E-state index contributed by atoms with van der Waals surface area (Å²) in [6, 6.07) is 7.28. The number of hydrogen-bond donors (Lipinski definition) is 0. The molecule has 0 N–H and O–H groups in total. The van der Waals surface area contributed by atoms with Crippen molar-refractivity contribution in [2.45, 2.75) is 13.3 Å². The Bertz CT molecular complexity index is 352. The van der Waals surface area contributed by atoms with Gasteiger partial charge in [-0.2, -0.15) is 0 Å². The van der Waals surface area contributed by atoms with Crippen molar-refractivity contribution in [2.24, 2.45) is 0 Å². The third-order valence-corrected chi connectivity index (χ3v) is 1.80. The van der Waals surface area contributed by atoms with Crippen molar-refractivity contribution >= 4 is 5.97 Å². The minimum atomic E-state index is -0.298. The van der Waals surface area contributed by atoms with Crippen LogP contribution in [0.3, 0.4) is 0 Å². The van der Waals surface area contributed by atoms with Crippen LogP contribution in [0.15, 0.2) is 36.6 Å². The molecular weight excluding hydrogens is 192 g/mol. The van der Waals surface area contributed by atoms with Gasteiger partial charge in [-0.25, -0.2) is 0 Å². The smallest absolute Gasteiger partial charge is 0.315 e. The summed E-state index contributed by atoms with van der Waals surface area (Å²) in [6.45, 7) is 5.15. The highest BCUT2D eigenvalue weighted by Gasteiger charge is 2.04. The van der Waals surface area contributed by atoms with Gasteiger partial charge in [-0.3, -0.25) is 4.79 Å². The van der Waals surface area contributed by atoms with Crippen LogP contribution in [0.5, 0.6) is 5.75 Å². The monoisotopic (exact) mass is 206 g/mol. The Morgan fingerprint density at radius 1 is 1.33 bits per heavy atom. The number of ether oxygens (including phenoxy) is 2. The Labute approximate surface area is 89.3 Å². The van der Waals surface area contributed by atoms with Gasteiger partial charge < -0.3 is 9.47 Å². The quantitative estimate of drug-likeness (QED) is 0.560. The van der Waals surface area contributed by atoms with Crippen molar-refractivity contribution < 1.29 is 14.3 Å². The van der Waals surface area contributed by atoms with Crippen molar-refractivity contribution in [3.8, 4) is 5.75 Å². The van der Waals surface area contributed by atoms with Crippen molar-refractivity contribution in [3.05, 3.63) is 42.2 Å². The van der Waals surface area contributed by atoms with Crippen molar-refractivity contribution in [1.82, 2.24) is 0 Å². The summed E-state index contributed by atoms with van der Waals surface area (Å²) in [6.07, 6.45) is 0.247. The Morgan fingerprint density at radius 2 is 1.93 bits per heavy atom. The molecule has 0 aliphatic heterocycles. The zero-order valence-electron chi connectivity index (χ0n) is 8.95. The first-order valence-corrected chi connectivity index (χ1v) is 4.61. The summed E-state index contributed by atoms with van der Waals surface area (Å²) < 4.78 is 9.85. The highest BCUT2D eigenvalue weighted by atomic mass is 16.5. The van der Waals surface area contributed by atoms with Gasteiger partial charge in [0.15, 0.2) is 0 Å². The van der Waals surface area contributed by atoms with Gasteiger partial charge in [0.05, 0.1) is 19.3 Å². The molecule has 0 saturated heterocycles. The maximum absolute atomic E-state index is 11.3. The molecule has 0 bridgehead atoms. The molecule has 0 unspecified atom stereocenters. The minimum absolute atomic E-state index is 0.247. The molecule has 0 amide bonds. The zero-order chi connectivity index (χ0) is 11.3. The molecule has 0 aliphatic rings. The zero-order valence-corrected chi connectivity index (χ0v) is 8.95. The number of carbonyl (C=O) groups is 1. The molecule has 0 aliphatic carbocycles. The molecular formula is C12H14O3. The Morgan fingerprint density at radius 3 is 2.40 bits per heavy atom. The predicted molar refractivity (Wildman–Crippen MR) is 57.6 cm³/mol. The van der Waals surface area contributed by atoms with Crippen LogP contribution >= 0.6 is 0 Å². The van der Waals surface area contributed by atoms with Gasteiger partial charge in [0.2, 0.25) is 0 Å². The largest absolute Gasteiger partial charge is 0.497 e. The van der Waals surface area contributed by atoms with Crippen LogP contribution in [-0.4, -0.2) is 13.1 Å². The molecule has 1 rings (SSSR count). The lowest BCUT2D eigenvalue weighted by molar-refractivity contribution is -0.138. The van der Waals surface area contributed by atoms with E-state index in [2.05, 4.69) is 6.58 Å². The highest BCUT2D eigenvalue weighted by molar-refractivity contribution is 5.73. The van der Waals surface area contributed by atoms with E-state index in [9.17, 15) is 4.79 Å². The van der Waals surface area contributed by atoms with E-state index in [0.29, 0.717) is 5.76 Å². The van der Waals surface area contributed by atoms with Gasteiger partial charge in [0, 0.05) is 0 Å². The summed E-state index contributed by atoms with van der Waals surface area (Å²) in [7, 11) is 1.60. The van der Waals surface area contributed by atoms with E-state index in [0.717, 1.165) is 11.3 Å². The topological polar surface area (TPSA) is 35.5 Å². The van der Waals surface area contributed by atoms with E-state index in [1.165, 1.54) is 0 Å². The SMILES string of the molecule is C=C(C)OC(=O)Cc1ccc(OC)cc1. The van der Waals surface area contributed by atoms with Crippen molar-refractivity contribution in [1.29, 1.82) is 0 Å². The van der Waals surface area contributed by atoms with E-state index >= 15 is 0 Å². The van der Waals surface area contributed by atoms with Crippen LogP contribution in [0.2, 0.25) is 0 Å². The van der Waals surface area contributed by atoms with E-state index in [1.807, 2.05) is 24.3 Å². The maximum atomic E-state index is 11.3. The summed E-state index contributed by atoms with van der Waals surface area (Å²) in [4.78, 5) is 11.3. The molecule has 1 aromatic rings. The fourth-order valence-electron chi connectivity index (χ4n) is 1.14. The first-order chi connectivity index (χ1) is 7.11. The number of esters is 1. The van der Waals surface area contributed by atoms with Crippen LogP contribution in [0.1, 0.15) is 12.5 Å². The van der Waals surface area contributed by atoms with Gasteiger partial charge in [-0.15, -0.1) is 0 Å². The fraction of sp³-hybridized carbons (Fsp3) is 0.250. The van der Waals surface area contributed by atoms with Crippen LogP contribution in [0, 0.1) is 0 Å². The first kappa shape index (κ1) is 11.3. The number of allylic oxidation sites excluding steroid dienone is 1. The normalized spacial score (nSPS) is 9.47. The van der Waals surface area contributed by atoms with Crippen molar-refractivity contribution in [2.75, 3.05) is 7.11 Å². The minimum Gasteiger partial charge on any atom is -0.497 e. The van der Waals surface area contributed by atoms with E-state index in [-0.39, 0.29) is 12.4 Å². The van der Waals surface area contributed by atoms with Crippen LogP contribution in [0.25, 0.3) is 0 Å². The number of hydrogen-bond acceptors (Lipinski definition) is 3. The number of benzene rings is 1. The number of carbonyl (C=O) groups excluding carboxylic acids is 1. The second-order valence-corrected chi connectivity index (χ2v) is 3.20. The average Bonchev–Trinajstić information content (AvgIpc) is 2.17. The van der Waals surface area contributed by atoms with Gasteiger partial charge in [-0.05, 0) is 24.6 Å². The molecule has 0 fully saturated rings. The first-order valence-electron chi connectivity index (χ1n) is 4.61. The summed E-state index contributed by atoms with van der Waals surface area (Å²) in [5, 5.41) is 0. The van der Waals surface area contributed by atoms with Crippen LogP contribution < -0.4 is 4.74 Å². The lowest BCUT2D eigenvalue weighted by Gasteiger charge is -2.04. The van der Waals surface area contributed by atoms with Gasteiger partial charge in [0.1, 0.15) is 5.75 Å². The van der Waals surface area contributed by atoms with Gasteiger partial charge in [0.25, 0.3) is 0 Å². The van der Waals surface area contributed by atoms with Crippen molar-refractivity contribution in [3.63, 3.8) is 0 Å². The molecule has 0 radical (unpaired) electrons. The molecule has 3 nitrogen and oxygen atoms in total. The number of rotatable bonds is 4. The number of methoxy groups -OCH3 is 1. The maximum Gasteiger partial charge on any atom is 0.315 e. The summed E-state index contributed by atoms with van der Waals surface area (Å²) in [5.74, 6) is 0.883. The van der Waals surface area contributed by atoms with E-state index in [4.69, 9.17) is 9.47 Å². The molecule has 0 heterocycles. The lowest BCUT2D eigenvalue weighted by Crippen LogP contribution is -2.06. The lowest BCUT2D eigenvalue weighted by atomic mass is 10.1. The average molecular weight is 206 g/mol. The van der Waals surface area contributed by atoms with Gasteiger partial charge in [-0.1, -0.05) is 18.7 Å². The highest BCUT2D eigenvalue weighted by Crippen LogP contribution is 2.12. The third kappa shape index (κ3) is 3.85. The molecule has 0 saturated carbocycles. The fourth-order valence-corrected chi connectivity index (χ4v) is 1.14. The second-order valence-electron chi connectivity index (χ2n) is 3.20. The molecule has 0 spiro atoms. The van der Waals surface area contributed by atoms with E-state index < -0.39 is 0 Å². The third-order valence-electron chi connectivity index (χ3n) is 1.80. The van der Waals surface area contributed by atoms with Gasteiger partial charge >= 0.3 is 5.97 Å². The molecule has 0 atom stereocenters. The van der Waals surface area contributed by atoms with Crippen LogP contribution in [-0.2, 0) is 16.0 Å². The molecule has 15 heavy (non-hydrogen) atoms.